The molecule has 220 valence electrons. The number of aromatic amines is 1. The number of rotatable bonds is 7. The van der Waals surface area contributed by atoms with Gasteiger partial charge in [0, 0.05) is 67.6 Å². The van der Waals surface area contributed by atoms with Crippen LogP contribution in [-0.4, -0.2) is 96.5 Å². The number of ether oxygens (including phenoxy) is 2. The molecule has 1 amide bonds. The lowest BCUT2D eigenvalue weighted by molar-refractivity contribution is -0.0988. The first-order chi connectivity index (χ1) is 19.8. The van der Waals surface area contributed by atoms with E-state index >= 15 is 0 Å². The van der Waals surface area contributed by atoms with Crippen LogP contribution >= 0.6 is 0 Å². The van der Waals surface area contributed by atoms with E-state index in [9.17, 15) is 13.6 Å². The van der Waals surface area contributed by atoms with E-state index in [0.717, 1.165) is 53.8 Å². The number of fused-ring (bicyclic) bond motifs is 1. The predicted molar refractivity (Wildman–Crippen MR) is 154 cm³/mol. The van der Waals surface area contributed by atoms with Gasteiger partial charge in [-0.15, -0.1) is 0 Å². The summed E-state index contributed by atoms with van der Waals surface area (Å²) in [6.45, 7) is 4.96. The maximum absolute atomic E-state index is 14.1. The number of amides is 1. The molecule has 1 aliphatic carbocycles. The Morgan fingerprint density at radius 1 is 1.05 bits per heavy atom. The molecule has 1 saturated carbocycles. The van der Waals surface area contributed by atoms with E-state index in [0.29, 0.717) is 51.3 Å². The molecule has 2 aromatic carbocycles. The van der Waals surface area contributed by atoms with E-state index in [4.69, 9.17) is 9.47 Å². The summed E-state index contributed by atoms with van der Waals surface area (Å²) in [6.07, 6.45) is 2.65. The minimum Gasteiger partial charge on any atom is -0.490 e. The molecular weight excluding hydrogens is 528 g/mol. The zero-order valence-corrected chi connectivity index (χ0v) is 23.6. The fourth-order valence-corrected chi connectivity index (χ4v) is 6.43. The van der Waals surface area contributed by atoms with Gasteiger partial charge in [0.05, 0.1) is 24.4 Å². The number of hydrogen-bond acceptors (Lipinski definition) is 6. The summed E-state index contributed by atoms with van der Waals surface area (Å²) < 4.78 is 39.8. The normalized spacial score (nSPS) is 22.0. The number of halogens is 2. The van der Waals surface area contributed by atoms with Crippen LogP contribution < -0.4 is 10.1 Å². The highest BCUT2D eigenvalue weighted by molar-refractivity contribution is 6.01. The lowest BCUT2D eigenvalue weighted by Gasteiger charge is -2.49. The van der Waals surface area contributed by atoms with Crippen LogP contribution in [0.2, 0.25) is 0 Å². The van der Waals surface area contributed by atoms with Crippen molar-refractivity contribution in [3.05, 3.63) is 48.0 Å². The minimum atomic E-state index is -2.64. The Hall–Kier alpha value is -3.08. The number of benzene rings is 2. The third-order valence-corrected chi connectivity index (χ3v) is 9.09. The van der Waals surface area contributed by atoms with Crippen molar-refractivity contribution in [1.29, 1.82) is 0 Å². The number of alkyl halides is 2. The van der Waals surface area contributed by atoms with E-state index < -0.39 is 11.5 Å². The van der Waals surface area contributed by atoms with Crippen molar-refractivity contribution in [2.75, 3.05) is 53.0 Å². The van der Waals surface area contributed by atoms with Crippen LogP contribution in [0.4, 0.5) is 8.78 Å². The molecule has 0 atom stereocenters. The molecule has 2 aliphatic heterocycles. The molecule has 0 radical (unpaired) electrons. The molecule has 6 rings (SSSR count). The average Bonchev–Trinajstić information content (AvgIpc) is 3.42. The summed E-state index contributed by atoms with van der Waals surface area (Å²) in [5, 5.41) is 11.5. The van der Waals surface area contributed by atoms with E-state index in [-0.39, 0.29) is 24.9 Å². The zero-order chi connectivity index (χ0) is 28.5. The summed E-state index contributed by atoms with van der Waals surface area (Å²) in [6, 6.07) is 13.4. The molecule has 3 fully saturated rings. The van der Waals surface area contributed by atoms with Gasteiger partial charge in [-0.05, 0) is 75.2 Å². The average molecular weight is 568 g/mol. The quantitative estimate of drug-likeness (QED) is 0.430. The highest BCUT2D eigenvalue weighted by Gasteiger charge is 2.47. The number of nitrogens with zero attached hydrogens (tertiary/aromatic N) is 3. The van der Waals surface area contributed by atoms with E-state index in [1.165, 1.54) is 0 Å². The number of H-pyrrole nitrogens is 1. The molecule has 0 bridgehead atoms. The Morgan fingerprint density at radius 2 is 1.76 bits per heavy atom. The van der Waals surface area contributed by atoms with E-state index in [1.807, 2.05) is 36.4 Å². The van der Waals surface area contributed by atoms with Gasteiger partial charge in [-0.2, -0.15) is 5.10 Å². The lowest BCUT2D eigenvalue weighted by atomic mass is 9.78. The van der Waals surface area contributed by atoms with Crippen LogP contribution in [0.15, 0.2) is 42.5 Å². The molecule has 8 nitrogen and oxygen atoms in total. The number of morpholine rings is 1. The topological polar surface area (TPSA) is 82.7 Å². The first kappa shape index (κ1) is 28.1. The predicted octanol–water partition coefficient (Wildman–Crippen LogP) is 4.71. The first-order valence-corrected chi connectivity index (χ1v) is 14.7. The monoisotopic (exact) mass is 567 g/mol. The summed E-state index contributed by atoms with van der Waals surface area (Å²) in [4.78, 5) is 17.9. The Balaban J connectivity index is 1.15. The molecule has 3 aromatic rings. The fourth-order valence-electron chi connectivity index (χ4n) is 6.43. The van der Waals surface area contributed by atoms with E-state index in [1.54, 1.807) is 6.07 Å². The summed E-state index contributed by atoms with van der Waals surface area (Å²) in [7, 11) is 2.14. The maximum atomic E-state index is 14.1. The van der Waals surface area contributed by atoms with Gasteiger partial charge in [-0.25, -0.2) is 8.78 Å². The molecule has 3 aliphatic rings. The van der Waals surface area contributed by atoms with E-state index in [2.05, 4.69) is 32.4 Å². The van der Waals surface area contributed by atoms with Crippen LogP contribution in [0, 0.1) is 0 Å². The van der Waals surface area contributed by atoms with Gasteiger partial charge in [0.25, 0.3) is 5.91 Å². The number of hydrogen-bond donors (Lipinski definition) is 2. The van der Waals surface area contributed by atoms with Crippen molar-refractivity contribution >= 4 is 16.8 Å². The number of aromatic nitrogens is 2. The van der Waals surface area contributed by atoms with Crippen molar-refractivity contribution in [3.63, 3.8) is 0 Å². The van der Waals surface area contributed by atoms with Crippen LogP contribution in [0.1, 0.15) is 48.9 Å². The smallest absolute Gasteiger partial charge is 0.251 e. The molecule has 10 heteroatoms. The van der Waals surface area contributed by atoms with Crippen molar-refractivity contribution in [1.82, 2.24) is 25.3 Å². The van der Waals surface area contributed by atoms with Gasteiger partial charge in [-0.1, -0.05) is 0 Å². The molecular formula is C31H39F2N5O3. The molecule has 1 aromatic heterocycles. The lowest BCUT2D eigenvalue weighted by Crippen LogP contribution is -2.61. The van der Waals surface area contributed by atoms with Crippen molar-refractivity contribution < 1.29 is 23.0 Å². The van der Waals surface area contributed by atoms with Gasteiger partial charge < -0.3 is 19.7 Å². The summed E-state index contributed by atoms with van der Waals surface area (Å²) in [5.41, 5.74) is 2.56. The molecule has 3 heterocycles. The highest BCUT2D eigenvalue weighted by Crippen LogP contribution is 2.41. The van der Waals surface area contributed by atoms with Crippen molar-refractivity contribution in [3.8, 4) is 17.0 Å². The SMILES string of the molecule is CN1CCC(Oc2ccc(-c3n[nH]c4ccc(C(=O)NCC5(N6CCOCC6)CCC(F)(F)CC5)cc34)cc2)CC1. The van der Waals surface area contributed by atoms with Crippen LogP contribution in [0.5, 0.6) is 5.75 Å². The number of likely N-dealkylation sites (tertiary alicyclic amines) is 1. The standard InChI is InChI=1S/C31H39F2N5O3/c1-37-14-8-25(9-15-37)41-24-5-2-22(3-6-24)28-26-20-23(4-7-27(26)35-36-28)29(39)34-21-30(38-16-18-40-19-17-38)10-12-31(32,33)13-11-30/h2-7,20,25H,8-19,21H2,1H3,(H,34,39)(H,35,36). The maximum Gasteiger partial charge on any atom is 0.251 e. The molecule has 0 unspecified atom stereocenters. The van der Waals surface area contributed by atoms with Crippen LogP contribution in [-0.2, 0) is 4.74 Å². The summed E-state index contributed by atoms with van der Waals surface area (Å²) in [5.74, 6) is -2.01. The van der Waals surface area contributed by atoms with Crippen molar-refractivity contribution in [2.45, 2.75) is 56.1 Å². The number of nitrogens with one attached hydrogen (secondary N) is 2. The third-order valence-electron chi connectivity index (χ3n) is 9.09. The van der Waals surface area contributed by atoms with Gasteiger partial charge in [0.15, 0.2) is 0 Å². The Morgan fingerprint density at radius 3 is 2.46 bits per heavy atom. The largest absolute Gasteiger partial charge is 0.490 e. The fraction of sp³-hybridized carbons (Fsp3) is 0.548. The first-order valence-electron chi connectivity index (χ1n) is 14.7. The number of carbonyl (C=O) groups is 1. The molecule has 41 heavy (non-hydrogen) atoms. The second-order valence-corrected chi connectivity index (χ2v) is 11.8. The van der Waals surface area contributed by atoms with Crippen LogP contribution in [0.25, 0.3) is 22.2 Å². The number of piperidine rings is 1. The Kier molecular flexibility index (Phi) is 7.98. The van der Waals surface area contributed by atoms with Crippen molar-refractivity contribution in [2.24, 2.45) is 0 Å². The van der Waals surface area contributed by atoms with Gasteiger partial charge in [0.2, 0.25) is 5.92 Å². The number of carbonyl (C=O) groups excluding carboxylic acids is 1. The molecule has 2 saturated heterocycles. The minimum absolute atomic E-state index is 0.160. The second-order valence-electron chi connectivity index (χ2n) is 11.8. The van der Waals surface area contributed by atoms with Gasteiger partial charge in [-0.3, -0.25) is 14.8 Å². The Labute approximate surface area is 239 Å². The second kappa shape index (κ2) is 11.7. The summed E-state index contributed by atoms with van der Waals surface area (Å²) >= 11 is 0. The Bertz CT molecular complexity index is 1340. The molecule has 2 N–H and O–H groups in total. The van der Waals surface area contributed by atoms with Crippen LogP contribution in [0.3, 0.4) is 0 Å². The van der Waals surface area contributed by atoms with Gasteiger partial charge in [0.1, 0.15) is 11.9 Å². The molecule has 0 spiro atoms. The zero-order valence-electron chi connectivity index (χ0n) is 23.6. The highest BCUT2D eigenvalue weighted by atomic mass is 19.3. The third kappa shape index (κ3) is 6.24. The van der Waals surface area contributed by atoms with Gasteiger partial charge >= 0.3 is 0 Å².